The molecule has 0 fully saturated rings. The summed E-state index contributed by atoms with van der Waals surface area (Å²) in [5.41, 5.74) is 5.23. The summed E-state index contributed by atoms with van der Waals surface area (Å²) >= 11 is 0. The van der Waals surface area contributed by atoms with E-state index in [-0.39, 0.29) is 30.8 Å². The zero-order valence-corrected chi connectivity index (χ0v) is 18.0. The van der Waals surface area contributed by atoms with E-state index in [1.54, 1.807) is 0 Å². The highest BCUT2D eigenvalue weighted by Gasteiger charge is 2.11. The summed E-state index contributed by atoms with van der Waals surface area (Å²) < 4.78 is 2.03. The maximum Gasteiger partial charge on any atom is 0.315 e. The Morgan fingerprint density at radius 2 is 2.14 bits per heavy atom. The normalized spacial score (nSPS) is 13.0. The number of aromatic nitrogens is 4. The largest absolute Gasteiger partial charge is 0.342 e. The molecule has 1 aliphatic heterocycles. The van der Waals surface area contributed by atoms with Gasteiger partial charge in [-0.2, -0.15) is 5.10 Å². The third-order valence-corrected chi connectivity index (χ3v) is 4.78. The topological polar surface area (TPSA) is 99.7 Å². The smallest absolute Gasteiger partial charge is 0.315 e. The molecule has 1 aliphatic rings. The Morgan fingerprint density at radius 1 is 1.28 bits per heavy atom. The first-order chi connectivity index (χ1) is 13.2. The van der Waals surface area contributed by atoms with Gasteiger partial charge in [-0.3, -0.25) is 4.68 Å². The van der Waals surface area contributed by atoms with E-state index in [1.165, 1.54) is 5.69 Å². The van der Waals surface area contributed by atoms with Gasteiger partial charge in [0.05, 0.1) is 29.0 Å². The Labute approximate surface area is 182 Å². The molecule has 8 nitrogen and oxygen atoms in total. The number of rotatable bonds is 5. The van der Waals surface area contributed by atoms with Gasteiger partial charge in [0, 0.05) is 26.1 Å². The van der Waals surface area contributed by atoms with Crippen molar-refractivity contribution in [3.8, 4) is 0 Å². The van der Waals surface area contributed by atoms with Crippen molar-refractivity contribution in [1.82, 2.24) is 35.7 Å². The van der Waals surface area contributed by atoms with Gasteiger partial charge in [-0.25, -0.2) is 9.78 Å². The fourth-order valence-corrected chi connectivity index (χ4v) is 3.38. The summed E-state index contributed by atoms with van der Waals surface area (Å²) in [7, 11) is 0. The summed E-state index contributed by atoms with van der Waals surface area (Å²) in [4.78, 5) is 19.9. The number of carbonyl (C=O) groups is 1. The van der Waals surface area contributed by atoms with Crippen molar-refractivity contribution < 1.29 is 4.79 Å². The number of fused-ring (bicyclic) bond motifs is 2. The highest BCUT2D eigenvalue weighted by Crippen LogP contribution is 2.15. The maximum absolute atomic E-state index is 12.0. The number of carbonyl (C=O) groups excluding carboxylic acids is 1. The molecule has 3 aromatic rings. The van der Waals surface area contributed by atoms with Crippen molar-refractivity contribution in [3.63, 3.8) is 0 Å². The first-order valence-electron chi connectivity index (χ1n) is 9.41. The number of hydrogen-bond acceptors (Lipinski definition) is 4. The van der Waals surface area contributed by atoms with Crippen molar-refractivity contribution in [1.29, 1.82) is 0 Å². The predicted octanol–water partition coefficient (Wildman–Crippen LogP) is 2.45. The molecule has 2 aromatic heterocycles. The molecule has 0 unspecified atom stereocenters. The average Bonchev–Trinajstić information content (AvgIpc) is 3.18. The Morgan fingerprint density at radius 3 is 2.97 bits per heavy atom. The highest BCUT2D eigenvalue weighted by atomic mass is 35.5. The number of imidazole rings is 1. The molecule has 29 heavy (non-hydrogen) atoms. The number of nitrogens with one attached hydrogen (secondary N) is 4. The van der Waals surface area contributed by atoms with Crippen molar-refractivity contribution in [2.75, 3.05) is 13.1 Å². The lowest BCUT2D eigenvalue weighted by Gasteiger charge is -2.05. The molecule has 4 rings (SSSR count). The van der Waals surface area contributed by atoms with Gasteiger partial charge in [0.1, 0.15) is 5.82 Å². The van der Waals surface area contributed by atoms with E-state index < -0.39 is 0 Å². The number of urea groups is 1. The average molecular weight is 440 g/mol. The van der Waals surface area contributed by atoms with Crippen LogP contribution in [0.4, 0.5) is 4.79 Å². The Balaban J connectivity index is 0.00000150. The van der Waals surface area contributed by atoms with Gasteiger partial charge < -0.3 is 20.9 Å². The Bertz CT molecular complexity index is 930. The standard InChI is InChI=1S/C19H25N7O.2ClH/c1-13-4-2-5-16-18(13)24-17(23-16)6-8-21-19(27)22-11-14-10-15-12-20-7-3-9-26(15)25-14;;/h2,4-5,10,20H,3,6-9,11-12H2,1H3,(H,23,24)(H2,21,22,27);2*1H. The molecule has 0 saturated carbocycles. The highest BCUT2D eigenvalue weighted by molar-refractivity contribution is 5.85. The van der Waals surface area contributed by atoms with Crippen molar-refractivity contribution in [2.45, 2.75) is 39.4 Å². The SMILES string of the molecule is Cc1cccc2[nH]c(CCNC(=O)NCc3cc4n(n3)CCCNC4)nc12.Cl.Cl. The maximum atomic E-state index is 12.0. The van der Waals surface area contributed by atoms with Crippen LogP contribution in [-0.2, 0) is 26.1 Å². The van der Waals surface area contributed by atoms with Crippen LogP contribution in [0.3, 0.4) is 0 Å². The minimum Gasteiger partial charge on any atom is -0.342 e. The van der Waals surface area contributed by atoms with Gasteiger partial charge in [-0.15, -0.1) is 24.8 Å². The summed E-state index contributed by atoms with van der Waals surface area (Å²) in [6.45, 7) is 5.76. The van der Waals surface area contributed by atoms with Crippen LogP contribution in [0.25, 0.3) is 11.0 Å². The molecule has 10 heteroatoms. The molecular formula is C19H27Cl2N7O. The first-order valence-corrected chi connectivity index (χ1v) is 9.41. The van der Waals surface area contributed by atoms with Gasteiger partial charge in [0.2, 0.25) is 0 Å². The van der Waals surface area contributed by atoms with Gasteiger partial charge in [-0.1, -0.05) is 12.1 Å². The summed E-state index contributed by atoms with van der Waals surface area (Å²) in [5, 5.41) is 13.7. The molecule has 0 bridgehead atoms. The molecule has 4 N–H and O–H groups in total. The second kappa shape index (κ2) is 10.5. The molecule has 3 heterocycles. The predicted molar refractivity (Wildman–Crippen MR) is 118 cm³/mol. The van der Waals surface area contributed by atoms with Crippen LogP contribution in [0.2, 0.25) is 0 Å². The third kappa shape index (κ3) is 5.62. The van der Waals surface area contributed by atoms with Crippen LogP contribution >= 0.6 is 24.8 Å². The number of halogens is 2. The number of aromatic amines is 1. The van der Waals surface area contributed by atoms with Gasteiger partial charge in [0.15, 0.2) is 0 Å². The molecule has 158 valence electrons. The lowest BCUT2D eigenvalue weighted by Crippen LogP contribution is -2.36. The van der Waals surface area contributed by atoms with Crippen LogP contribution in [0.1, 0.15) is 29.2 Å². The van der Waals surface area contributed by atoms with E-state index in [1.807, 2.05) is 29.8 Å². The Kier molecular flexibility index (Phi) is 8.31. The lowest BCUT2D eigenvalue weighted by atomic mass is 10.2. The number of nitrogens with zero attached hydrogens (tertiary/aromatic N) is 3. The number of H-pyrrole nitrogens is 1. The second-order valence-electron chi connectivity index (χ2n) is 6.89. The fraction of sp³-hybridized carbons (Fsp3) is 0.421. The quantitative estimate of drug-likeness (QED) is 0.490. The van der Waals surface area contributed by atoms with Crippen molar-refractivity contribution >= 4 is 41.9 Å². The first kappa shape index (κ1) is 23.0. The van der Waals surface area contributed by atoms with Crippen LogP contribution in [0.15, 0.2) is 24.3 Å². The van der Waals surface area contributed by atoms with Crippen LogP contribution in [0.5, 0.6) is 0 Å². The molecule has 0 saturated heterocycles. The zero-order valence-electron chi connectivity index (χ0n) is 16.3. The number of hydrogen-bond donors (Lipinski definition) is 4. The number of amides is 2. The monoisotopic (exact) mass is 439 g/mol. The lowest BCUT2D eigenvalue weighted by molar-refractivity contribution is 0.240. The van der Waals surface area contributed by atoms with E-state index in [0.29, 0.717) is 19.5 Å². The Hall–Kier alpha value is -2.29. The van der Waals surface area contributed by atoms with Crippen LogP contribution in [0, 0.1) is 6.92 Å². The van der Waals surface area contributed by atoms with E-state index in [4.69, 9.17) is 0 Å². The zero-order chi connectivity index (χ0) is 18.6. The minimum atomic E-state index is -0.191. The summed E-state index contributed by atoms with van der Waals surface area (Å²) in [6, 6.07) is 7.93. The van der Waals surface area contributed by atoms with Gasteiger partial charge in [-0.05, 0) is 37.6 Å². The third-order valence-electron chi connectivity index (χ3n) is 4.78. The summed E-state index contributed by atoms with van der Waals surface area (Å²) in [5.74, 6) is 0.880. The molecule has 0 atom stereocenters. The number of para-hydroxylation sites is 1. The van der Waals surface area contributed by atoms with Gasteiger partial charge in [0.25, 0.3) is 0 Å². The minimum absolute atomic E-state index is 0. The molecular weight excluding hydrogens is 413 g/mol. The number of benzene rings is 1. The molecule has 0 radical (unpaired) electrons. The van der Waals surface area contributed by atoms with E-state index in [0.717, 1.165) is 54.2 Å². The van der Waals surface area contributed by atoms with Gasteiger partial charge >= 0.3 is 6.03 Å². The fourth-order valence-electron chi connectivity index (χ4n) is 3.38. The molecule has 0 aliphatic carbocycles. The molecule has 1 aromatic carbocycles. The van der Waals surface area contributed by atoms with E-state index in [2.05, 4.69) is 37.1 Å². The van der Waals surface area contributed by atoms with E-state index in [9.17, 15) is 4.79 Å². The molecule has 2 amide bonds. The summed E-state index contributed by atoms with van der Waals surface area (Å²) in [6.07, 6.45) is 1.73. The van der Waals surface area contributed by atoms with Crippen LogP contribution in [-0.4, -0.2) is 38.9 Å². The number of aryl methyl sites for hydroxylation is 2. The molecule has 0 spiro atoms. The van der Waals surface area contributed by atoms with Crippen molar-refractivity contribution in [2.24, 2.45) is 0 Å². The van der Waals surface area contributed by atoms with E-state index >= 15 is 0 Å². The van der Waals surface area contributed by atoms with Crippen molar-refractivity contribution in [3.05, 3.63) is 47.0 Å². The second-order valence-corrected chi connectivity index (χ2v) is 6.89. The van der Waals surface area contributed by atoms with Crippen LogP contribution < -0.4 is 16.0 Å².